The second kappa shape index (κ2) is 9.87. The maximum atomic E-state index is 13.3. The van der Waals surface area contributed by atoms with Gasteiger partial charge in [-0.25, -0.2) is 9.97 Å². The molecule has 2 fully saturated rings. The monoisotopic (exact) mass is 493 g/mol. The predicted octanol–water partition coefficient (Wildman–Crippen LogP) is 1.58. The number of rotatable bonds is 8. The van der Waals surface area contributed by atoms with Gasteiger partial charge in [0, 0.05) is 24.3 Å². The van der Waals surface area contributed by atoms with Crippen molar-refractivity contribution in [1.82, 2.24) is 25.2 Å². The normalized spacial score (nSPS) is 19.6. The summed E-state index contributed by atoms with van der Waals surface area (Å²) in [6.45, 7) is 4.09. The van der Waals surface area contributed by atoms with Crippen molar-refractivity contribution in [3.63, 3.8) is 0 Å². The molecule has 2 atom stereocenters. The summed E-state index contributed by atoms with van der Waals surface area (Å²) in [5, 5.41) is 22.3. The van der Waals surface area contributed by atoms with Crippen LogP contribution in [0.5, 0.6) is 5.75 Å². The van der Waals surface area contributed by atoms with Crippen LogP contribution in [0.2, 0.25) is 0 Å². The van der Waals surface area contributed by atoms with Crippen LogP contribution in [0.25, 0.3) is 22.3 Å². The number of fused-ring (bicyclic) bond motifs is 1. The highest BCUT2D eigenvalue weighted by atomic mass is 16.5. The lowest BCUT2D eigenvalue weighted by molar-refractivity contribution is -0.133. The lowest BCUT2D eigenvalue weighted by Crippen LogP contribution is -2.43. The number of aryl methyl sites for hydroxylation is 2. The van der Waals surface area contributed by atoms with E-state index in [9.17, 15) is 14.7 Å². The number of carbonyl (C=O) groups excluding carboxylic acids is 2. The second-order valence-electron chi connectivity index (χ2n) is 9.61. The van der Waals surface area contributed by atoms with E-state index in [4.69, 9.17) is 9.84 Å². The van der Waals surface area contributed by atoms with Gasteiger partial charge in [0.05, 0.1) is 29.8 Å². The Hall–Kier alpha value is -3.50. The molecule has 0 radical (unpaired) electrons. The summed E-state index contributed by atoms with van der Waals surface area (Å²) in [4.78, 5) is 38.7. The molecule has 1 saturated heterocycles. The van der Waals surface area contributed by atoms with Gasteiger partial charge >= 0.3 is 0 Å². The smallest absolute Gasteiger partial charge is 0.255 e. The fraction of sp³-hybridized carbons (Fsp3) is 0.462. The van der Waals surface area contributed by atoms with Gasteiger partial charge < -0.3 is 30.2 Å². The number of aliphatic hydroxyl groups excluding tert-OH is 2. The number of likely N-dealkylation sites (tertiary alicyclic amines) is 1. The molecule has 1 aliphatic heterocycles. The van der Waals surface area contributed by atoms with E-state index >= 15 is 0 Å². The van der Waals surface area contributed by atoms with Gasteiger partial charge in [-0.2, -0.15) is 0 Å². The molecule has 10 heteroatoms. The Bertz CT molecular complexity index is 1300. The van der Waals surface area contributed by atoms with Crippen LogP contribution in [0.15, 0.2) is 24.5 Å². The van der Waals surface area contributed by atoms with Crippen LogP contribution < -0.4 is 10.1 Å². The minimum absolute atomic E-state index is 0.0565. The Kier molecular flexibility index (Phi) is 6.63. The number of β-amino-alcohol motifs (C(OH)–C–C–N with tert-alkyl or cyclic N) is 1. The maximum Gasteiger partial charge on any atom is 0.255 e. The van der Waals surface area contributed by atoms with Gasteiger partial charge in [0.2, 0.25) is 5.91 Å². The van der Waals surface area contributed by atoms with Gasteiger partial charge in [-0.3, -0.25) is 9.59 Å². The van der Waals surface area contributed by atoms with Crippen LogP contribution in [0.3, 0.4) is 0 Å². The number of aromatic amines is 1. The highest BCUT2D eigenvalue weighted by Gasteiger charge is 2.35. The molecule has 10 nitrogen and oxygen atoms in total. The summed E-state index contributed by atoms with van der Waals surface area (Å²) in [6.07, 6.45) is 3.76. The largest absolute Gasteiger partial charge is 0.493 e. The summed E-state index contributed by atoms with van der Waals surface area (Å²) in [6, 6.07) is 5.46. The first-order valence-electron chi connectivity index (χ1n) is 12.4. The molecule has 2 aromatic heterocycles. The lowest BCUT2D eigenvalue weighted by Gasteiger charge is -2.16. The van der Waals surface area contributed by atoms with Crippen LogP contribution in [-0.2, 0) is 11.2 Å². The number of nitrogens with zero attached hydrogens (tertiary/aromatic N) is 3. The van der Waals surface area contributed by atoms with Crippen molar-refractivity contribution in [2.75, 3.05) is 26.3 Å². The SMILES string of the molecule is CCc1ccc(OCC2CC2)c(-c2ncnc3c(C(=O)N[C@@H]4CN(C(=O)CO)C[C@@H]4O)c(C)[nH]c23)c1. The number of aliphatic hydroxyl groups is 2. The summed E-state index contributed by atoms with van der Waals surface area (Å²) in [5.74, 6) is 0.463. The van der Waals surface area contributed by atoms with E-state index in [0.29, 0.717) is 40.5 Å². The standard InChI is InChI=1S/C26H31N5O5/c1-3-15-6-7-20(36-12-16-4-5-16)17(8-15)23-25-24(28-13-27-23)22(14(2)29-25)26(35)30-18-9-31(10-19(18)33)21(34)11-32/h6-8,13,16,18-19,29,32-33H,3-5,9-12H2,1-2H3,(H,30,35)/t18-,19+/m1/s1. The minimum Gasteiger partial charge on any atom is -0.493 e. The van der Waals surface area contributed by atoms with Crippen molar-refractivity contribution < 1.29 is 24.5 Å². The number of benzene rings is 1. The van der Waals surface area contributed by atoms with Crippen molar-refractivity contribution in [3.05, 3.63) is 41.3 Å². The van der Waals surface area contributed by atoms with Gasteiger partial charge in [-0.15, -0.1) is 0 Å². The molecule has 1 saturated carbocycles. The van der Waals surface area contributed by atoms with Crippen LogP contribution in [0.4, 0.5) is 0 Å². The molecule has 2 aliphatic rings. The van der Waals surface area contributed by atoms with Crippen molar-refractivity contribution in [3.8, 4) is 17.0 Å². The van der Waals surface area contributed by atoms with Gasteiger partial charge in [-0.1, -0.05) is 13.0 Å². The molecular weight excluding hydrogens is 462 g/mol. The Morgan fingerprint density at radius 2 is 2.06 bits per heavy atom. The fourth-order valence-electron chi connectivity index (χ4n) is 4.68. The summed E-state index contributed by atoms with van der Waals surface area (Å²) in [5.41, 5.74) is 4.74. The van der Waals surface area contributed by atoms with Gasteiger partial charge in [-0.05, 0) is 49.8 Å². The third-order valence-corrected chi connectivity index (χ3v) is 6.97. The number of H-pyrrole nitrogens is 1. The molecular formula is C26H31N5O5. The molecule has 0 unspecified atom stereocenters. The average Bonchev–Trinajstić information content (AvgIpc) is 3.55. The molecule has 5 rings (SSSR count). The van der Waals surface area contributed by atoms with Gasteiger partial charge in [0.15, 0.2) is 0 Å². The molecule has 0 bridgehead atoms. The first-order valence-corrected chi connectivity index (χ1v) is 12.4. The fourth-order valence-corrected chi connectivity index (χ4v) is 4.68. The zero-order chi connectivity index (χ0) is 25.4. The number of carbonyl (C=O) groups is 2. The molecule has 2 amide bonds. The van der Waals surface area contributed by atoms with E-state index in [0.717, 1.165) is 23.3 Å². The molecule has 4 N–H and O–H groups in total. The molecule has 3 aromatic rings. The van der Waals surface area contributed by atoms with E-state index in [-0.39, 0.29) is 13.1 Å². The van der Waals surface area contributed by atoms with Crippen LogP contribution in [0, 0.1) is 12.8 Å². The Morgan fingerprint density at radius 3 is 2.78 bits per heavy atom. The number of hydrogen-bond acceptors (Lipinski definition) is 7. The van der Waals surface area contributed by atoms with Gasteiger partial charge in [0.1, 0.15) is 29.9 Å². The molecule has 190 valence electrons. The third-order valence-electron chi connectivity index (χ3n) is 6.97. The maximum absolute atomic E-state index is 13.3. The first-order chi connectivity index (χ1) is 17.4. The van der Waals surface area contributed by atoms with E-state index in [1.54, 1.807) is 6.92 Å². The topological polar surface area (TPSA) is 141 Å². The number of amides is 2. The number of nitrogens with one attached hydrogen (secondary N) is 2. The van der Waals surface area contributed by atoms with Crippen LogP contribution >= 0.6 is 0 Å². The van der Waals surface area contributed by atoms with Crippen LogP contribution in [-0.4, -0.2) is 80.3 Å². The van der Waals surface area contributed by atoms with E-state index < -0.39 is 30.6 Å². The molecule has 0 spiro atoms. The van der Waals surface area contributed by atoms with E-state index in [2.05, 4.69) is 39.3 Å². The average molecular weight is 494 g/mol. The quantitative estimate of drug-likeness (QED) is 0.373. The highest BCUT2D eigenvalue weighted by Crippen LogP contribution is 2.37. The molecule has 3 heterocycles. The minimum atomic E-state index is -0.928. The Morgan fingerprint density at radius 1 is 1.25 bits per heavy atom. The summed E-state index contributed by atoms with van der Waals surface area (Å²) >= 11 is 0. The predicted molar refractivity (Wildman–Crippen MR) is 133 cm³/mol. The number of hydrogen-bond donors (Lipinski definition) is 4. The Balaban J connectivity index is 1.47. The van der Waals surface area contributed by atoms with Crippen molar-refractivity contribution in [1.29, 1.82) is 0 Å². The van der Waals surface area contributed by atoms with Crippen LogP contribution in [0.1, 0.15) is 41.4 Å². The zero-order valence-electron chi connectivity index (χ0n) is 20.5. The molecule has 1 aliphatic carbocycles. The second-order valence-corrected chi connectivity index (χ2v) is 9.61. The summed E-state index contributed by atoms with van der Waals surface area (Å²) in [7, 11) is 0. The molecule has 1 aromatic carbocycles. The Labute approximate surface area is 208 Å². The number of aromatic nitrogens is 3. The van der Waals surface area contributed by atoms with Crippen molar-refractivity contribution >= 4 is 22.8 Å². The van der Waals surface area contributed by atoms with Crippen molar-refractivity contribution in [2.45, 2.75) is 45.3 Å². The summed E-state index contributed by atoms with van der Waals surface area (Å²) < 4.78 is 6.16. The zero-order valence-corrected chi connectivity index (χ0v) is 20.5. The third kappa shape index (κ3) is 4.66. The first kappa shape index (κ1) is 24.2. The highest BCUT2D eigenvalue weighted by molar-refractivity contribution is 6.09. The van der Waals surface area contributed by atoms with E-state index in [1.807, 2.05) is 6.07 Å². The lowest BCUT2D eigenvalue weighted by atomic mass is 10.0. The molecule has 36 heavy (non-hydrogen) atoms. The van der Waals surface area contributed by atoms with Gasteiger partial charge in [0.25, 0.3) is 5.91 Å². The number of ether oxygens (including phenoxy) is 1. The van der Waals surface area contributed by atoms with Crippen molar-refractivity contribution in [2.24, 2.45) is 5.92 Å². The van der Waals surface area contributed by atoms with E-state index in [1.165, 1.54) is 24.1 Å².